The number of carbonyl (C=O) groups is 2. The van der Waals surface area contributed by atoms with Crippen LogP contribution in [0.1, 0.15) is 40.7 Å². The Morgan fingerprint density at radius 3 is 2.39 bits per heavy atom. The fraction of sp³-hybridized carbons (Fsp3) is 0.333. The summed E-state index contributed by atoms with van der Waals surface area (Å²) in [4.78, 5) is 25.7. The first-order chi connectivity index (χ1) is 17.6. The summed E-state index contributed by atoms with van der Waals surface area (Å²) < 4.78 is 10.9. The largest absolute Gasteiger partial charge is 0.494 e. The Morgan fingerprint density at radius 1 is 0.944 bits per heavy atom. The summed E-state index contributed by atoms with van der Waals surface area (Å²) in [5.74, 6) is 1.20. The number of ether oxygens (including phenoxy) is 2. The van der Waals surface area contributed by atoms with Crippen molar-refractivity contribution in [3.8, 4) is 5.75 Å². The fourth-order valence-corrected chi connectivity index (χ4v) is 4.05. The molecule has 0 bridgehead atoms. The van der Waals surface area contributed by atoms with Crippen LogP contribution in [-0.2, 0) is 16.0 Å². The van der Waals surface area contributed by atoms with Gasteiger partial charge in [-0.1, -0.05) is 54.6 Å². The molecule has 188 valence electrons. The standard InChI is InChI=1S/C30H34N2O4/c1-35-30(34)28(32-27-11-6-5-10-26(27)29(33)24-8-3-2-4-9-24)20-22-14-16-25(17-15-22)36-19-7-18-31-21-23-12-13-23/h2-6,8-11,14-17,23,28,31-32H,7,12-13,18-21H2,1H3/t28-/m0/s1. The van der Waals surface area contributed by atoms with Crippen LogP contribution >= 0.6 is 0 Å². The van der Waals surface area contributed by atoms with Gasteiger partial charge in [-0.05, 0) is 68.1 Å². The SMILES string of the molecule is COC(=O)[C@H](Cc1ccc(OCCCNCC2CC2)cc1)Nc1ccccc1C(=O)c1ccccc1. The smallest absolute Gasteiger partial charge is 0.328 e. The highest BCUT2D eigenvalue weighted by atomic mass is 16.5. The highest BCUT2D eigenvalue weighted by Gasteiger charge is 2.23. The van der Waals surface area contributed by atoms with Crippen LogP contribution in [0.2, 0.25) is 0 Å². The second-order valence-electron chi connectivity index (χ2n) is 9.16. The molecule has 1 saturated carbocycles. The molecule has 0 radical (unpaired) electrons. The number of benzene rings is 3. The van der Waals surface area contributed by atoms with Crippen LogP contribution in [0, 0.1) is 5.92 Å². The van der Waals surface area contributed by atoms with Crippen molar-refractivity contribution in [1.29, 1.82) is 0 Å². The zero-order valence-corrected chi connectivity index (χ0v) is 20.7. The lowest BCUT2D eigenvalue weighted by molar-refractivity contribution is -0.141. The van der Waals surface area contributed by atoms with Crippen molar-refractivity contribution in [2.45, 2.75) is 31.7 Å². The first-order valence-corrected chi connectivity index (χ1v) is 12.6. The molecule has 2 N–H and O–H groups in total. The summed E-state index contributed by atoms with van der Waals surface area (Å²) in [6, 6.07) is 23.4. The van der Waals surface area contributed by atoms with E-state index in [-0.39, 0.29) is 5.78 Å². The number of ketones is 1. The summed E-state index contributed by atoms with van der Waals surface area (Å²) in [6.45, 7) is 2.75. The quantitative estimate of drug-likeness (QED) is 0.192. The minimum absolute atomic E-state index is 0.105. The number of nitrogens with one attached hydrogen (secondary N) is 2. The number of methoxy groups -OCH3 is 1. The molecule has 0 aliphatic heterocycles. The van der Waals surface area contributed by atoms with E-state index in [0.717, 1.165) is 36.7 Å². The lowest BCUT2D eigenvalue weighted by atomic mass is 10.00. The predicted octanol–water partition coefficient (Wildman–Crippen LogP) is 4.88. The van der Waals surface area contributed by atoms with Gasteiger partial charge in [-0.25, -0.2) is 4.79 Å². The summed E-state index contributed by atoms with van der Waals surface area (Å²) >= 11 is 0. The number of carbonyl (C=O) groups excluding carboxylic acids is 2. The van der Waals surface area contributed by atoms with Crippen molar-refractivity contribution in [2.24, 2.45) is 5.92 Å². The molecule has 6 heteroatoms. The van der Waals surface area contributed by atoms with E-state index in [1.54, 1.807) is 18.2 Å². The van der Waals surface area contributed by atoms with Gasteiger partial charge in [0.05, 0.1) is 13.7 Å². The second kappa shape index (κ2) is 12.9. The number of anilines is 1. The normalized spacial score (nSPS) is 13.6. The molecule has 4 rings (SSSR count). The van der Waals surface area contributed by atoms with E-state index in [1.165, 1.54) is 20.0 Å². The van der Waals surface area contributed by atoms with E-state index in [9.17, 15) is 9.59 Å². The molecular formula is C30H34N2O4. The van der Waals surface area contributed by atoms with Crippen LogP contribution in [-0.4, -0.2) is 44.6 Å². The number of hydrogen-bond acceptors (Lipinski definition) is 6. The third kappa shape index (κ3) is 7.43. The van der Waals surface area contributed by atoms with Crippen LogP contribution in [0.5, 0.6) is 5.75 Å². The Morgan fingerprint density at radius 2 is 1.67 bits per heavy atom. The number of esters is 1. The molecule has 0 spiro atoms. The maximum Gasteiger partial charge on any atom is 0.328 e. The Labute approximate surface area is 213 Å². The van der Waals surface area contributed by atoms with Crippen LogP contribution in [0.4, 0.5) is 5.69 Å². The highest BCUT2D eigenvalue weighted by molar-refractivity contribution is 6.12. The molecule has 1 fully saturated rings. The molecule has 6 nitrogen and oxygen atoms in total. The average molecular weight is 487 g/mol. The molecule has 3 aromatic carbocycles. The maximum atomic E-state index is 13.1. The minimum Gasteiger partial charge on any atom is -0.494 e. The Balaban J connectivity index is 1.36. The van der Waals surface area contributed by atoms with Crippen molar-refractivity contribution in [2.75, 3.05) is 32.1 Å². The third-order valence-electron chi connectivity index (χ3n) is 6.28. The molecule has 0 heterocycles. The first-order valence-electron chi connectivity index (χ1n) is 12.6. The molecule has 0 unspecified atom stereocenters. The molecule has 3 aromatic rings. The van der Waals surface area contributed by atoms with Gasteiger partial charge in [0.25, 0.3) is 0 Å². The maximum absolute atomic E-state index is 13.1. The van der Waals surface area contributed by atoms with Crippen LogP contribution in [0.15, 0.2) is 78.9 Å². The van der Waals surface area contributed by atoms with E-state index in [1.807, 2.05) is 60.7 Å². The molecule has 0 saturated heterocycles. The zero-order valence-electron chi connectivity index (χ0n) is 20.7. The fourth-order valence-electron chi connectivity index (χ4n) is 4.05. The summed E-state index contributed by atoms with van der Waals surface area (Å²) in [7, 11) is 1.37. The molecule has 1 aliphatic carbocycles. The monoisotopic (exact) mass is 486 g/mol. The van der Waals surface area contributed by atoms with Gasteiger partial charge in [-0.15, -0.1) is 0 Å². The number of rotatable bonds is 14. The van der Waals surface area contributed by atoms with Crippen LogP contribution < -0.4 is 15.4 Å². The Kier molecular flexibility index (Phi) is 9.11. The van der Waals surface area contributed by atoms with Crippen molar-refractivity contribution in [3.05, 3.63) is 95.6 Å². The molecular weight excluding hydrogens is 452 g/mol. The lowest BCUT2D eigenvalue weighted by Gasteiger charge is -2.20. The Hall–Kier alpha value is -3.64. The molecule has 0 aromatic heterocycles. The van der Waals surface area contributed by atoms with Gasteiger partial charge in [0.15, 0.2) is 5.78 Å². The predicted molar refractivity (Wildman–Crippen MR) is 142 cm³/mol. The van der Waals surface area contributed by atoms with E-state index in [0.29, 0.717) is 29.8 Å². The minimum atomic E-state index is -0.649. The highest BCUT2D eigenvalue weighted by Crippen LogP contribution is 2.27. The first kappa shape index (κ1) is 25.5. The van der Waals surface area contributed by atoms with Gasteiger partial charge in [-0.2, -0.15) is 0 Å². The van der Waals surface area contributed by atoms with Gasteiger partial charge >= 0.3 is 5.97 Å². The van der Waals surface area contributed by atoms with Crippen molar-refractivity contribution < 1.29 is 19.1 Å². The summed E-state index contributed by atoms with van der Waals surface area (Å²) in [6.07, 6.45) is 4.09. The molecule has 1 aliphatic rings. The number of para-hydroxylation sites is 1. The summed E-state index contributed by atoms with van der Waals surface area (Å²) in [5, 5.41) is 6.71. The van der Waals surface area contributed by atoms with Crippen molar-refractivity contribution >= 4 is 17.4 Å². The molecule has 0 amide bonds. The van der Waals surface area contributed by atoms with Gasteiger partial charge in [0.1, 0.15) is 11.8 Å². The van der Waals surface area contributed by atoms with Crippen molar-refractivity contribution in [1.82, 2.24) is 5.32 Å². The van der Waals surface area contributed by atoms with Crippen LogP contribution in [0.25, 0.3) is 0 Å². The second-order valence-corrected chi connectivity index (χ2v) is 9.16. The third-order valence-corrected chi connectivity index (χ3v) is 6.28. The van der Waals surface area contributed by atoms with E-state index in [2.05, 4.69) is 10.6 Å². The average Bonchev–Trinajstić information content (AvgIpc) is 3.75. The van der Waals surface area contributed by atoms with Gasteiger partial charge in [0.2, 0.25) is 0 Å². The summed E-state index contributed by atoms with van der Waals surface area (Å²) in [5.41, 5.74) is 2.66. The van der Waals surface area contributed by atoms with E-state index in [4.69, 9.17) is 9.47 Å². The van der Waals surface area contributed by atoms with Crippen LogP contribution in [0.3, 0.4) is 0 Å². The van der Waals surface area contributed by atoms with E-state index >= 15 is 0 Å². The van der Waals surface area contributed by atoms with Gasteiger partial charge in [-0.3, -0.25) is 4.79 Å². The Bertz CT molecular complexity index is 1130. The molecule has 36 heavy (non-hydrogen) atoms. The molecule has 1 atom stereocenters. The number of hydrogen-bond donors (Lipinski definition) is 2. The lowest BCUT2D eigenvalue weighted by Crippen LogP contribution is -2.33. The van der Waals surface area contributed by atoms with Gasteiger partial charge < -0.3 is 20.1 Å². The van der Waals surface area contributed by atoms with Gasteiger partial charge in [0, 0.05) is 23.2 Å². The van der Waals surface area contributed by atoms with Crippen molar-refractivity contribution in [3.63, 3.8) is 0 Å². The topological polar surface area (TPSA) is 76.7 Å². The van der Waals surface area contributed by atoms with E-state index < -0.39 is 12.0 Å². The zero-order chi connectivity index (χ0) is 25.2.